The van der Waals surface area contributed by atoms with Crippen molar-refractivity contribution >= 4 is 11.9 Å². The summed E-state index contributed by atoms with van der Waals surface area (Å²) in [4.78, 5) is 25.9. The number of aliphatic hydroxyl groups excluding tert-OH is 2. The van der Waals surface area contributed by atoms with Crippen LogP contribution in [0.2, 0.25) is 0 Å². The van der Waals surface area contributed by atoms with Crippen LogP contribution in [0.3, 0.4) is 0 Å². The lowest BCUT2D eigenvalue weighted by Gasteiger charge is -2.24. The second kappa shape index (κ2) is 43.7. The molecule has 0 aromatic carbocycles. The van der Waals surface area contributed by atoms with Crippen LogP contribution in [0, 0.1) is 0 Å². The van der Waals surface area contributed by atoms with Gasteiger partial charge in [0.15, 0.2) is 0 Å². The third-order valence-corrected chi connectivity index (χ3v) is 10.4. The third kappa shape index (κ3) is 38.4. The van der Waals surface area contributed by atoms with E-state index in [1.807, 2.05) is 6.08 Å². The lowest BCUT2D eigenvalue weighted by atomic mass is 10.0. The first kappa shape index (κ1) is 53.6. The molecule has 0 saturated heterocycles. The Hall–Kier alpha value is -2.44. The van der Waals surface area contributed by atoms with Gasteiger partial charge in [0.1, 0.15) is 6.10 Å². The van der Waals surface area contributed by atoms with Crippen molar-refractivity contribution in [3.05, 3.63) is 60.8 Å². The first-order chi connectivity index (χ1) is 27.5. The van der Waals surface area contributed by atoms with E-state index in [2.05, 4.69) is 80.8 Å². The predicted molar refractivity (Wildman–Crippen MR) is 241 cm³/mol. The molecule has 0 aromatic rings. The predicted octanol–water partition coefficient (Wildman–Crippen LogP) is 13.7. The van der Waals surface area contributed by atoms with Crippen molar-refractivity contribution in [2.45, 2.75) is 238 Å². The van der Waals surface area contributed by atoms with Gasteiger partial charge in [-0.2, -0.15) is 0 Å². The van der Waals surface area contributed by atoms with Crippen LogP contribution >= 0.6 is 0 Å². The van der Waals surface area contributed by atoms with Gasteiger partial charge in [-0.25, -0.2) is 0 Å². The summed E-state index contributed by atoms with van der Waals surface area (Å²) in [5, 5.41) is 23.6. The number of carbonyl (C=O) groups excluding carboxylic acids is 2. The minimum absolute atomic E-state index is 0.0469. The molecule has 0 rings (SSSR count). The largest absolute Gasteiger partial charge is 0.462 e. The maximum absolute atomic E-state index is 13.1. The van der Waals surface area contributed by atoms with Crippen LogP contribution < -0.4 is 5.32 Å². The summed E-state index contributed by atoms with van der Waals surface area (Å²) in [6.45, 7) is 6.31. The Labute approximate surface area is 346 Å². The Bertz CT molecular complexity index is 1010. The summed E-state index contributed by atoms with van der Waals surface area (Å²) in [6, 6.07) is -0.713. The summed E-state index contributed by atoms with van der Waals surface area (Å²) in [5.74, 6) is -0.578. The number of aliphatic hydroxyl groups is 2. The van der Waals surface area contributed by atoms with Crippen molar-refractivity contribution < 1.29 is 24.5 Å². The van der Waals surface area contributed by atoms with Crippen molar-refractivity contribution in [2.24, 2.45) is 0 Å². The van der Waals surface area contributed by atoms with Crippen molar-refractivity contribution in [2.75, 3.05) is 6.61 Å². The molecule has 324 valence electrons. The monoisotopic (exact) mass is 784 g/mol. The third-order valence-electron chi connectivity index (χ3n) is 10.4. The minimum atomic E-state index is -0.797. The normalized spacial score (nSPS) is 13.9. The average molecular weight is 784 g/mol. The molecule has 6 nitrogen and oxygen atoms in total. The topological polar surface area (TPSA) is 95.9 Å². The van der Waals surface area contributed by atoms with E-state index in [4.69, 9.17) is 4.74 Å². The Balaban J connectivity index is 4.52. The van der Waals surface area contributed by atoms with Crippen molar-refractivity contribution in [3.8, 4) is 0 Å². The maximum atomic E-state index is 13.1. The van der Waals surface area contributed by atoms with Crippen molar-refractivity contribution in [1.82, 2.24) is 5.32 Å². The van der Waals surface area contributed by atoms with Crippen LogP contribution in [0.15, 0.2) is 60.8 Å². The number of esters is 1. The van der Waals surface area contributed by atoms with Crippen LogP contribution in [-0.4, -0.2) is 46.9 Å². The molecule has 3 unspecified atom stereocenters. The van der Waals surface area contributed by atoms with E-state index in [1.165, 1.54) is 96.3 Å². The molecule has 3 atom stereocenters. The van der Waals surface area contributed by atoms with Gasteiger partial charge in [0.25, 0.3) is 0 Å². The van der Waals surface area contributed by atoms with Gasteiger partial charge in [0, 0.05) is 6.42 Å². The van der Waals surface area contributed by atoms with E-state index in [-0.39, 0.29) is 31.3 Å². The molecule has 0 aliphatic heterocycles. The minimum Gasteiger partial charge on any atom is -0.462 e. The zero-order valence-corrected chi connectivity index (χ0v) is 36.8. The number of unbranched alkanes of at least 4 members (excludes halogenated alkanes) is 19. The Morgan fingerprint density at radius 2 is 0.929 bits per heavy atom. The number of ether oxygens (including phenoxy) is 1. The number of hydrogen-bond donors (Lipinski definition) is 3. The first-order valence-electron chi connectivity index (χ1n) is 23.5. The van der Waals surface area contributed by atoms with Crippen LogP contribution in [-0.2, 0) is 14.3 Å². The van der Waals surface area contributed by atoms with Crippen LogP contribution in [0.1, 0.15) is 220 Å². The van der Waals surface area contributed by atoms with Gasteiger partial charge in [0.05, 0.1) is 25.2 Å². The summed E-state index contributed by atoms with van der Waals surface area (Å²) >= 11 is 0. The molecule has 0 aromatic heterocycles. The summed E-state index contributed by atoms with van der Waals surface area (Å²) < 4.78 is 5.83. The lowest BCUT2D eigenvalue weighted by Crippen LogP contribution is -2.46. The highest BCUT2D eigenvalue weighted by molar-refractivity contribution is 5.77. The number of allylic oxidation sites excluding steroid dienone is 10. The summed E-state index contributed by atoms with van der Waals surface area (Å²) in [7, 11) is 0. The molecule has 0 spiro atoms. The molecule has 0 radical (unpaired) electrons. The molecule has 0 fully saturated rings. The quantitative estimate of drug-likeness (QED) is 0.0326. The number of hydrogen-bond acceptors (Lipinski definition) is 5. The van der Waals surface area contributed by atoms with Crippen molar-refractivity contribution in [3.63, 3.8) is 0 Å². The second-order valence-electron chi connectivity index (χ2n) is 15.8. The number of nitrogens with one attached hydrogen (secondary N) is 1. The van der Waals surface area contributed by atoms with Crippen LogP contribution in [0.4, 0.5) is 0 Å². The van der Waals surface area contributed by atoms with Crippen molar-refractivity contribution in [1.29, 1.82) is 0 Å². The standard InChI is InChI=1S/C50H89NO5/c1-4-7-10-13-16-18-20-22-24-25-27-29-31-34-37-40-43-50(55)56-46(41-38-35-32-15-12-9-6-3)44-49(54)51-47(45-52)48(53)42-39-36-33-30-28-26-23-21-19-17-14-11-8-5-2/h7,10,16,18,22,24,27,29,34,37,46-48,52-53H,4-6,8-9,11-15,17,19-21,23,25-26,28,30-33,35-36,38-45H2,1-3H3,(H,51,54)/b10-7+,18-16+,24-22+,29-27+,37-34+. The van der Waals surface area contributed by atoms with E-state index in [1.54, 1.807) is 0 Å². The lowest BCUT2D eigenvalue weighted by molar-refractivity contribution is -0.150. The van der Waals surface area contributed by atoms with Gasteiger partial charge >= 0.3 is 5.97 Å². The molecule has 0 aliphatic rings. The van der Waals surface area contributed by atoms with E-state index in [0.29, 0.717) is 19.3 Å². The molecule has 0 heterocycles. The molecule has 3 N–H and O–H groups in total. The SMILES string of the molecule is CC/C=C/C/C=C/C/C=C/C/C=C/C/C=C/CCC(=O)OC(CCCCCCCCC)CC(=O)NC(CO)C(O)CCCCCCCCCCCCCCCC. The molecule has 0 bridgehead atoms. The first-order valence-corrected chi connectivity index (χ1v) is 23.5. The molecule has 56 heavy (non-hydrogen) atoms. The fourth-order valence-electron chi connectivity index (χ4n) is 6.83. The zero-order chi connectivity index (χ0) is 41.0. The highest BCUT2D eigenvalue weighted by atomic mass is 16.5. The van der Waals surface area contributed by atoms with Gasteiger partial charge in [-0.1, -0.05) is 210 Å². The van der Waals surface area contributed by atoms with E-state index < -0.39 is 18.2 Å². The van der Waals surface area contributed by atoms with Crippen LogP contribution in [0.5, 0.6) is 0 Å². The average Bonchev–Trinajstić information content (AvgIpc) is 3.19. The van der Waals surface area contributed by atoms with E-state index in [9.17, 15) is 19.8 Å². The highest BCUT2D eigenvalue weighted by Gasteiger charge is 2.24. The zero-order valence-electron chi connectivity index (χ0n) is 36.8. The number of rotatable bonds is 41. The van der Waals surface area contributed by atoms with Gasteiger partial charge in [-0.15, -0.1) is 0 Å². The molecule has 0 saturated carbocycles. The molecule has 0 aliphatic carbocycles. The summed E-state index contributed by atoms with van der Waals surface area (Å²) in [6.07, 6.45) is 53.0. The maximum Gasteiger partial charge on any atom is 0.306 e. The van der Waals surface area contributed by atoms with Gasteiger partial charge < -0.3 is 20.3 Å². The van der Waals surface area contributed by atoms with E-state index >= 15 is 0 Å². The van der Waals surface area contributed by atoms with Gasteiger partial charge in [0.2, 0.25) is 5.91 Å². The van der Waals surface area contributed by atoms with Gasteiger partial charge in [-0.3, -0.25) is 9.59 Å². The fraction of sp³-hybridized carbons (Fsp3) is 0.760. The molecular weight excluding hydrogens is 695 g/mol. The Morgan fingerprint density at radius 1 is 0.536 bits per heavy atom. The number of carbonyl (C=O) groups is 2. The fourth-order valence-corrected chi connectivity index (χ4v) is 6.83. The molecular formula is C50H89NO5. The van der Waals surface area contributed by atoms with Gasteiger partial charge in [-0.05, 0) is 57.8 Å². The smallest absolute Gasteiger partial charge is 0.306 e. The highest BCUT2D eigenvalue weighted by Crippen LogP contribution is 2.17. The summed E-state index contributed by atoms with van der Waals surface area (Å²) in [5.41, 5.74) is 0. The van der Waals surface area contributed by atoms with E-state index in [0.717, 1.165) is 70.6 Å². The van der Waals surface area contributed by atoms with Crippen LogP contribution in [0.25, 0.3) is 0 Å². The molecule has 6 heteroatoms. The molecule has 1 amide bonds. The second-order valence-corrected chi connectivity index (χ2v) is 15.8. The Kier molecular flexibility index (Phi) is 41.8. The Morgan fingerprint density at radius 3 is 1.36 bits per heavy atom. The number of amides is 1.